The van der Waals surface area contributed by atoms with E-state index in [4.69, 9.17) is 0 Å². The van der Waals surface area contributed by atoms with Gasteiger partial charge < -0.3 is 10.6 Å². The zero-order valence-electron chi connectivity index (χ0n) is 14.6. The molecule has 1 amide bonds. The summed E-state index contributed by atoms with van der Waals surface area (Å²) in [7, 11) is 1.90. The van der Waals surface area contributed by atoms with Crippen molar-refractivity contribution in [2.24, 2.45) is 13.0 Å². The van der Waals surface area contributed by atoms with Crippen LogP contribution in [-0.4, -0.2) is 28.8 Å². The summed E-state index contributed by atoms with van der Waals surface area (Å²) in [6.45, 7) is 7.68. The van der Waals surface area contributed by atoms with Gasteiger partial charge in [-0.3, -0.25) is 9.48 Å². The molecule has 1 saturated heterocycles. The first-order chi connectivity index (χ1) is 11.0. The van der Waals surface area contributed by atoms with E-state index >= 15 is 0 Å². The molecule has 1 fully saturated rings. The maximum Gasteiger partial charge on any atom is 0.229 e. The SMILES string of the molecule is Cc1cc(C)c(NC(=O)[C@H]2CNC[C@@H]2c2cnn(C)c2)c(C)c1.Cl. The largest absolute Gasteiger partial charge is 0.325 e. The Kier molecular flexibility index (Phi) is 5.67. The van der Waals surface area contributed by atoms with Crippen LogP contribution in [-0.2, 0) is 11.8 Å². The van der Waals surface area contributed by atoms with E-state index in [1.165, 1.54) is 5.56 Å². The first kappa shape index (κ1) is 18.5. The lowest BCUT2D eigenvalue weighted by Crippen LogP contribution is -2.28. The zero-order valence-corrected chi connectivity index (χ0v) is 15.4. The average molecular weight is 349 g/mol. The summed E-state index contributed by atoms with van der Waals surface area (Å²) in [6.07, 6.45) is 3.86. The summed E-state index contributed by atoms with van der Waals surface area (Å²) < 4.78 is 1.79. The third kappa shape index (κ3) is 3.62. The Morgan fingerprint density at radius 1 is 1.25 bits per heavy atom. The van der Waals surface area contributed by atoms with E-state index in [0.29, 0.717) is 6.54 Å². The molecule has 0 saturated carbocycles. The molecule has 0 unspecified atom stereocenters. The van der Waals surface area contributed by atoms with Gasteiger partial charge in [0.2, 0.25) is 5.91 Å². The van der Waals surface area contributed by atoms with Crippen LogP contribution in [0, 0.1) is 26.7 Å². The number of rotatable bonds is 3. The molecule has 0 bridgehead atoms. The normalized spacial score (nSPS) is 19.8. The summed E-state index contributed by atoms with van der Waals surface area (Å²) in [5, 5.41) is 10.7. The molecular formula is C18H25ClN4O. The fourth-order valence-corrected chi connectivity index (χ4v) is 3.53. The summed E-state index contributed by atoms with van der Waals surface area (Å²) >= 11 is 0. The van der Waals surface area contributed by atoms with Gasteiger partial charge in [0, 0.05) is 37.9 Å². The number of benzene rings is 1. The highest BCUT2D eigenvalue weighted by molar-refractivity contribution is 5.95. The molecule has 24 heavy (non-hydrogen) atoms. The second-order valence-corrected chi connectivity index (χ2v) is 6.58. The van der Waals surface area contributed by atoms with Crippen molar-refractivity contribution >= 4 is 24.0 Å². The predicted octanol–water partition coefficient (Wildman–Crippen LogP) is 2.71. The summed E-state index contributed by atoms with van der Waals surface area (Å²) in [4.78, 5) is 12.8. The number of aromatic nitrogens is 2. The molecule has 1 aliphatic rings. The van der Waals surface area contributed by atoms with Crippen LogP contribution >= 0.6 is 12.4 Å². The van der Waals surface area contributed by atoms with Gasteiger partial charge in [-0.2, -0.15) is 5.10 Å². The second-order valence-electron chi connectivity index (χ2n) is 6.58. The molecule has 3 rings (SSSR count). The van der Waals surface area contributed by atoms with Gasteiger partial charge in [-0.05, 0) is 37.5 Å². The van der Waals surface area contributed by atoms with Crippen LogP contribution in [0.1, 0.15) is 28.2 Å². The predicted molar refractivity (Wildman–Crippen MR) is 98.8 cm³/mol. The fraction of sp³-hybridized carbons (Fsp3) is 0.444. The number of hydrogen-bond donors (Lipinski definition) is 2. The highest BCUT2D eigenvalue weighted by Crippen LogP contribution is 2.30. The molecule has 1 aromatic heterocycles. The van der Waals surface area contributed by atoms with Crippen molar-refractivity contribution in [3.8, 4) is 0 Å². The van der Waals surface area contributed by atoms with E-state index in [1.54, 1.807) is 4.68 Å². The van der Waals surface area contributed by atoms with Gasteiger partial charge in [-0.25, -0.2) is 0 Å². The number of nitrogens with one attached hydrogen (secondary N) is 2. The molecule has 130 valence electrons. The van der Waals surface area contributed by atoms with Crippen molar-refractivity contribution in [3.05, 3.63) is 46.8 Å². The van der Waals surface area contributed by atoms with Crippen molar-refractivity contribution in [3.63, 3.8) is 0 Å². The second kappa shape index (κ2) is 7.36. The van der Waals surface area contributed by atoms with E-state index in [0.717, 1.165) is 28.9 Å². The number of carbonyl (C=O) groups is 1. The lowest BCUT2D eigenvalue weighted by molar-refractivity contribution is -0.119. The Balaban J connectivity index is 0.00000208. The van der Waals surface area contributed by atoms with Gasteiger partial charge in [0.05, 0.1) is 12.1 Å². The molecule has 2 aromatic rings. The number of hydrogen-bond acceptors (Lipinski definition) is 3. The molecule has 5 nitrogen and oxygen atoms in total. The first-order valence-electron chi connectivity index (χ1n) is 8.03. The number of amides is 1. The maximum absolute atomic E-state index is 12.8. The lowest BCUT2D eigenvalue weighted by atomic mass is 9.90. The van der Waals surface area contributed by atoms with Crippen molar-refractivity contribution in [1.29, 1.82) is 0 Å². The zero-order chi connectivity index (χ0) is 16.6. The number of halogens is 1. The standard InChI is InChI=1S/C18H24N4O.ClH/c1-11-5-12(2)17(13(3)6-11)21-18(23)16-9-19-8-15(16)14-7-20-22(4)10-14;/h5-7,10,15-16,19H,8-9H2,1-4H3,(H,21,23);1H/t15-,16+;/m1./s1. The minimum Gasteiger partial charge on any atom is -0.325 e. The van der Waals surface area contributed by atoms with Gasteiger partial charge in [-0.1, -0.05) is 17.7 Å². The van der Waals surface area contributed by atoms with Gasteiger partial charge in [0.15, 0.2) is 0 Å². The molecule has 2 atom stereocenters. The maximum atomic E-state index is 12.8. The molecule has 0 spiro atoms. The monoisotopic (exact) mass is 348 g/mol. The minimum absolute atomic E-state index is 0. The van der Waals surface area contributed by atoms with Crippen LogP contribution in [0.25, 0.3) is 0 Å². The van der Waals surface area contributed by atoms with Gasteiger partial charge in [-0.15, -0.1) is 12.4 Å². The van der Waals surface area contributed by atoms with Crippen LogP contribution in [0.3, 0.4) is 0 Å². The first-order valence-corrected chi connectivity index (χ1v) is 8.03. The van der Waals surface area contributed by atoms with Crippen molar-refractivity contribution < 1.29 is 4.79 Å². The summed E-state index contributed by atoms with van der Waals surface area (Å²) in [5.41, 5.74) is 5.50. The smallest absolute Gasteiger partial charge is 0.229 e. The van der Waals surface area contributed by atoms with Gasteiger partial charge >= 0.3 is 0 Å². The number of nitrogens with zero attached hydrogens (tertiary/aromatic N) is 2. The summed E-state index contributed by atoms with van der Waals surface area (Å²) in [6, 6.07) is 4.21. The Hall–Kier alpha value is -1.85. The van der Waals surface area contributed by atoms with Crippen LogP contribution in [0.4, 0.5) is 5.69 Å². The van der Waals surface area contributed by atoms with E-state index in [1.807, 2.05) is 33.3 Å². The number of anilines is 1. The van der Waals surface area contributed by atoms with Crippen molar-refractivity contribution in [2.75, 3.05) is 18.4 Å². The van der Waals surface area contributed by atoms with E-state index in [2.05, 4.69) is 34.8 Å². The third-order valence-corrected chi connectivity index (χ3v) is 4.63. The van der Waals surface area contributed by atoms with Crippen LogP contribution in [0.15, 0.2) is 24.5 Å². The Morgan fingerprint density at radius 2 is 1.92 bits per heavy atom. The minimum atomic E-state index is -0.0701. The Labute approximate surface area is 149 Å². The van der Waals surface area contributed by atoms with Crippen LogP contribution in [0.2, 0.25) is 0 Å². The molecule has 2 N–H and O–H groups in total. The molecule has 1 aliphatic heterocycles. The highest BCUT2D eigenvalue weighted by Gasteiger charge is 2.35. The van der Waals surface area contributed by atoms with Gasteiger partial charge in [0.25, 0.3) is 0 Å². The fourth-order valence-electron chi connectivity index (χ4n) is 3.53. The number of carbonyl (C=O) groups excluding carboxylic acids is 1. The molecule has 1 aromatic carbocycles. The molecule has 0 aliphatic carbocycles. The third-order valence-electron chi connectivity index (χ3n) is 4.63. The summed E-state index contributed by atoms with van der Waals surface area (Å²) in [5.74, 6) is 0.188. The van der Waals surface area contributed by atoms with Crippen molar-refractivity contribution in [1.82, 2.24) is 15.1 Å². The lowest BCUT2D eigenvalue weighted by Gasteiger charge is -2.19. The molecule has 0 radical (unpaired) electrons. The topological polar surface area (TPSA) is 59.0 Å². The van der Waals surface area contributed by atoms with E-state index < -0.39 is 0 Å². The van der Waals surface area contributed by atoms with Gasteiger partial charge in [0.1, 0.15) is 0 Å². The van der Waals surface area contributed by atoms with Crippen molar-refractivity contribution in [2.45, 2.75) is 26.7 Å². The van der Waals surface area contributed by atoms with E-state index in [-0.39, 0.29) is 30.2 Å². The molecule has 2 heterocycles. The average Bonchev–Trinajstić information content (AvgIpc) is 3.10. The van der Waals surface area contributed by atoms with Crippen LogP contribution in [0.5, 0.6) is 0 Å². The molecule has 6 heteroatoms. The van der Waals surface area contributed by atoms with E-state index in [9.17, 15) is 4.79 Å². The Bertz CT molecular complexity index is 717. The quantitative estimate of drug-likeness (QED) is 0.896. The molecular weight excluding hydrogens is 324 g/mol. The number of aryl methyl sites for hydroxylation is 4. The Morgan fingerprint density at radius 3 is 2.50 bits per heavy atom. The van der Waals surface area contributed by atoms with Crippen LogP contribution < -0.4 is 10.6 Å². The highest BCUT2D eigenvalue weighted by atomic mass is 35.5.